The largest absolute Gasteiger partial charge is 0.493 e. The Labute approximate surface area is 157 Å². The van der Waals surface area contributed by atoms with Gasteiger partial charge in [-0.05, 0) is 35.9 Å². The maximum atomic E-state index is 12.4. The molecule has 0 atom stereocenters. The highest BCUT2D eigenvalue weighted by Gasteiger charge is 2.15. The van der Waals surface area contributed by atoms with E-state index in [4.69, 9.17) is 19.5 Å². The average molecular weight is 363 g/mol. The first-order chi connectivity index (χ1) is 13.1. The molecule has 1 N–H and O–H groups in total. The molecule has 0 spiro atoms. The molecule has 0 saturated heterocycles. The molecule has 0 aliphatic carbocycles. The quantitative estimate of drug-likeness (QED) is 0.624. The van der Waals surface area contributed by atoms with E-state index < -0.39 is 5.91 Å². The van der Waals surface area contributed by atoms with Gasteiger partial charge in [-0.15, -0.1) is 0 Å². The lowest BCUT2D eigenvalue weighted by atomic mass is 10.1. The number of nitrogens with one attached hydrogen (secondary N) is 1. The van der Waals surface area contributed by atoms with Gasteiger partial charge in [0.05, 0.1) is 32.6 Å². The van der Waals surface area contributed by atoms with Gasteiger partial charge in [0.1, 0.15) is 17.7 Å². The van der Waals surface area contributed by atoms with E-state index in [1.165, 1.54) is 27.4 Å². The van der Waals surface area contributed by atoms with Crippen LogP contribution in [-0.4, -0.2) is 27.2 Å². The summed E-state index contributed by atoms with van der Waals surface area (Å²) in [5.74, 6) is 0.572. The molecule has 2 aromatic rings. The first-order valence-corrected chi connectivity index (χ1v) is 7.80. The Balaban J connectivity index is 2.40. The highest BCUT2D eigenvalue weighted by molar-refractivity contribution is 6.10. The van der Waals surface area contributed by atoms with Crippen molar-refractivity contribution in [2.24, 2.45) is 0 Å². The number of nitrogens with zero attached hydrogens (tertiary/aromatic N) is 2. The molecule has 0 radical (unpaired) electrons. The highest BCUT2D eigenvalue weighted by atomic mass is 16.5. The van der Waals surface area contributed by atoms with E-state index in [1.807, 2.05) is 12.1 Å². The third-order valence-electron chi connectivity index (χ3n) is 3.66. The van der Waals surface area contributed by atoms with Crippen LogP contribution in [0.3, 0.4) is 0 Å². The fourth-order valence-corrected chi connectivity index (χ4v) is 2.38. The minimum absolute atomic E-state index is 0.142. The molecule has 7 heteroatoms. The van der Waals surface area contributed by atoms with Crippen molar-refractivity contribution >= 4 is 17.7 Å². The van der Waals surface area contributed by atoms with Crippen molar-refractivity contribution in [1.29, 1.82) is 10.5 Å². The van der Waals surface area contributed by atoms with E-state index in [1.54, 1.807) is 36.4 Å². The zero-order valence-corrected chi connectivity index (χ0v) is 15.1. The molecule has 7 nitrogen and oxygen atoms in total. The second kappa shape index (κ2) is 8.93. The Kier molecular flexibility index (Phi) is 6.40. The van der Waals surface area contributed by atoms with Gasteiger partial charge in [0.25, 0.3) is 5.91 Å². The Bertz CT molecular complexity index is 943. The van der Waals surface area contributed by atoms with Crippen molar-refractivity contribution in [2.75, 3.05) is 26.6 Å². The van der Waals surface area contributed by atoms with Crippen LogP contribution in [0.1, 0.15) is 11.1 Å². The maximum absolute atomic E-state index is 12.4. The molecular formula is C20H17N3O4. The second-order valence-corrected chi connectivity index (χ2v) is 5.24. The zero-order chi connectivity index (χ0) is 19.8. The van der Waals surface area contributed by atoms with Crippen LogP contribution in [-0.2, 0) is 4.79 Å². The molecule has 27 heavy (non-hydrogen) atoms. The van der Waals surface area contributed by atoms with E-state index in [-0.39, 0.29) is 5.57 Å². The molecule has 0 aliphatic rings. The fourth-order valence-electron chi connectivity index (χ4n) is 2.38. The lowest BCUT2D eigenvalue weighted by Crippen LogP contribution is -2.14. The molecule has 0 fully saturated rings. The maximum Gasteiger partial charge on any atom is 0.266 e. The van der Waals surface area contributed by atoms with Crippen molar-refractivity contribution in [2.45, 2.75) is 0 Å². The van der Waals surface area contributed by atoms with Crippen molar-refractivity contribution in [3.8, 4) is 29.4 Å². The van der Waals surface area contributed by atoms with Crippen LogP contribution >= 0.6 is 0 Å². The summed E-state index contributed by atoms with van der Waals surface area (Å²) in [5.41, 5.74) is 1.01. The van der Waals surface area contributed by atoms with E-state index in [0.29, 0.717) is 34.1 Å². The highest BCUT2D eigenvalue weighted by Crippen LogP contribution is 2.38. The third kappa shape index (κ3) is 4.36. The van der Waals surface area contributed by atoms with Gasteiger partial charge in [0.15, 0.2) is 11.5 Å². The molecule has 0 aliphatic heterocycles. The number of benzene rings is 2. The number of methoxy groups -OCH3 is 3. The zero-order valence-electron chi connectivity index (χ0n) is 15.1. The molecule has 1 amide bonds. The van der Waals surface area contributed by atoms with E-state index in [9.17, 15) is 10.1 Å². The van der Waals surface area contributed by atoms with Crippen LogP contribution in [0.25, 0.3) is 6.08 Å². The fraction of sp³-hybridized carbons (Fsp3) is 0.150. The van der Waals surface area contributed by atoms with Gasteiger partial charge in [0.2, 0.25) is 5.75 Å². The number of carbonyl (C=O) groups is 1. The molecule has 0 unspecified atom stereocenters. The molecule has 0 aromatic heterocycles. The first kappa shape index (κ1) is 19.4. The van der Waals surface area contributed by atoms with Crippen LogP contribution in [0.4, 0.5) is 5.69 Å². The summed E-state index contributed by atoms with van der Waals surface area (Å²) in [4.78, 5) is 12.4. The molecule has 0 saturated carbocycles. The van der Waals surface area contributed by atoms with Crippen LogP contribution < -0.4 is 19.5 Å². The van der Waals surface area contributed by atoms with Gasteiger partial charge in [-0.25, -0.2) is 0 Å². The monoisotopic (exact) mass is 363 g/mol. The second-order valence-electron chi connectivity index (χ2n) is 5.24. The number of amides is 1. The number of anilines is 1. The third-order valence-corrected chi connectivity index (χ3v) is 3.66. The molecule has 2 aromatic carbocycles. The number of hydrogen-bond donors (Lipinski definition) is 1. The van der Waals surface area contributed by atoms with Gasteiger partial charge in [-0.1, -0.05) is 12.1 Å². The Morgan fingerprint density at radius 2 is 1.67 bits per heavy atom. The van der Waals surface area contributed by atoms with Gasteiger partial charge in [-0.3, -0.25) is 4.79 Å². The molecule has 2 rings (SSSR count). The van der Waals surface area contributed by atoms with Crippen molar-refractivity contribution in [3.05, 3.63) is 53.1 Å². The van der Waals surface area contributed by atoms with Gasteiger partial charge in [-0.2, -0.15) is 10.5 Å². The Morgan fingerprint density at radius 1 is 1.04 bits per heavy atom. The van der Waals surface area contributed by atoms with Crippen LogP contribution in [0.15, 0.2) is 42.0 Å². The molecule has 136 valence electrons. The van der Waals surface area contributed by atoms with Gasteiger partial charge < -0.3 is 19.5 Å². The molecular weight excluding hydrogens is 346 g/mol. The minimum atomic E-state index is -0.631. The van der Waals surface area contributed by atoms with Crippen LogP contribution in [0, 0.1) is 22.7 Å². The summed E-state index contributed by atoms with van der Waals surface area (Å²) in [5, 5.41) is 21.1. The van der Waals surface area contributed by atoms with Gasteiger partial charge >= 0.3 is 0 Å². The first-order valence-electron chi connectivity index (χ1n) is 7.80. The standard InChI is InChI=1S/C20H17N3O4/c1-25-17-9-13(10-18(26-2)19(17)27-3)8-15(12-22)20(24)23-16-7-5-4-6-14(16)11-21/h4-10H,1-3H3,(H,23,24). The molecule has 0 heterocycles. The topological polar surface area (TPSA) is 104 Å². The van der Waals surface area contributed by atoms with Crippen molar-refractivity contribution in [3.63, 3.8) is 0 Å². The van der Waals surface area contributed by atoms with Gasteiger partial charge in [0, 0.05) is 0 Å². The predicted molar refractivity (Wildman–Crippen MR) is 99.5 cm³/mol. The van der Waals surface area contributed by atoms with Crippen LogP contribution in [0.5, 0.6) is 17.2 Å². The SMILES string of the molecule is COc1cc(C=C(C#N)C(=O)Nc2ccccc2C#N)cc(OC)c1OC. The summed E-state index contributed by atoms with van der Waals surface area (Å²) in [6.45, 7) is 0. The predicted octanol–water partition coefficient (Wildman–Crippen LogP) is 3.13. The van der Waals surface area contributed by atoms with Crippen molar-refractivity contribution < 1.29 is 19.0 Å². The Morgan fingerprint density at radius 3 is 2.19 bits per heavy atom. The Hall–Kier alpha value is -3.97. The summed E-state index contributed by atoms with van der Waals surface area (Å²) < 4.78 is 15.8. The number of nitriles is 2. The van der Waals surface area contributed by atoms with E-state index >= 15 is 0 Å². The smallest absolute Gasteiger partial charge is 0.266 e. The summed E-state index contributed by atoms with van der Waals surface area (Å²) in [6.07, 6.45) is 1.40. The van der Waals surface area contributed by atoms with E-state index in [2.05, 4.69) is 5.32 Å². The summed E-state index contributed by atoms with van der Waals surface area (Å²) in [6, 6.07) is 13.6. The van der Waals surface area contributed by atoms with Crippen LogP contribution in [0.2, 0.25) is 0 Å². The molecule has 0 bridgehead atoms. The number of para-hydroxylation sites is 1. The number of ether oxygens (including phenoxy) is 3. The normalized spacial score (nSPS) is 10.3. The number of carbonyl (C=O) groups excluding carboxylic acids is 1. The average Bonchev–Trinajstić information content (AvgIpc) is 2.71. The lowest BCUT2D eigenvalue weighted by Gasteiger charge is -2.13. The number of hydrogen-bond acceptors (Lipinski definition) is 6. The summed E-state index contributed by atoms with van der Waals surface area (Å²) >= 11 is 0. The van der Waals surface area contributed by atoms with E-state index in [0.717, 1.165) is 0 Å². The number of rotatable bonds is 6. The lowest BCUT2D eigenvalue weighted by molar-refractivity contribution is -0.112. The summed E-state index contributed by atoms with van der Waals surface area (Å²) in [7, 11) is 4.43. The van der Waals surface area contributed by atoms with Crippen molar-refractivity contribution in [1.82, 2.24) is 0 Å². The minimum Gasteiger partial charge on any atom is -0.493 e.